The van der Waals surface area contributed by atoms with Gasteiger partial charge in [0.25, 0.3) is 0 Å². The van der Waals surface area contributed by atoms with Gasteiger partial charge in [-0.1, -0.05) is 42.4 Å². The standard InChI is InChI=1S/C20H22Cl2N2O3/c1-5-8-17(20(25)26)24-10-7-9-13(3)18(6-2)27-14(4)19-15(21)11-23-12-16(19)22/h5-6,8,10-12,14H,1-2,7,9H2,3-4H3,(H,25,26)/b17-8-,18-13+,24-10?/t14-/m1/s1. The molecule has 0 aliphatic heterocycles. The largest absolute Gasteiger partial charge is 0.486 e. The van der Waals surface area contributed by atoms with E-state index in [1.54, 1.807) is 12.3 Å². The molecule has 0 aliphatic rings. The van der Waals surface area contributed by atoms with Gasteiger partial charge in [-0.05, 0) is 44.4 Å². The fourth-order valence-electron chi connectivity index (χ4n) is 2.23. The first-order valence-electron chi connectivity index (χ1n) is 8.18. The van der Waals surface area contributed by atoms with Gasteiger partial charge in [0.15, 0.2) is 0 Å². The Morgan fingerprint density at radius 2 is 2.00 bits per heavy atom. The molecule has 5 nitrogen and oxygen atoms in total. The predicted molar refractivity (Wildman–Crippen MR) is 110 cm³/mol. The van der Waals surface area contributed by atoms with Crippen molar-refractivity contribution in [3.63, 3.8) is 0 Å². The van der Waals surface area contributed by atoms with Crippen LogP contribution in [-0.2, 0) is 9.53 Å². The Bertz CT molecular complexity index is 778. The highest BCUT2D eigenvalue weighted by atomic mass is 35.5. The van der Waals surface area contributed by atoms with E-state index in [0.29, 0.717) is 34.2 Å². The summed E-state index contributed by atoms with van der Waals surface area (Å²) in [4.78, 5) is 18.9. The number of ether oxygens (including phenoxy) is 1. The van der Waals surface area contributed by atoms with E-state index in [1.807, 2.05) is 13.8 Å². The van der Waals surface area contributed by atoms with Gasteiger partial charge in [-0.25, -0.2) is 4.79 Å². The summed E-state index contributed by atoms with van der Waals surface area (Å²) < 4.78 is 5.97. The monoisotopic (exact) mass is 408 g/mol. The molecule has 144 valence electrons. The smallest absolute Gasteiger partial charge is 0.354 e. The van der Waals surface area contributed by atoms with Crippen LogP contribution in [0, 0.1) is 0 Å². The van der Waals surface area contributed by atoms with Gasteiger partial charge in [0.1, 0.15) is 17.6 Å². The van der Waals surface area contributed by atoms with Crippen LogP contribution >= 0.6 is 23.2 Å². The molecule has 0 spiro atoms. The quantitative estimate of drug-likeness (QED) is 0.225. The van der Waals surface area contributed by atoms with Crippen molar-refractivity contribution in [2.24, 2.45) is 4.99 Å². The van der Waals surface area contributed by atoms with Gasteiger partial charge in [-0.15, -0.1) is 0 Å². The minimum absolute atomic E-state index is 0.0672. The van der Waals surface area contributed by atoms with Crippen molar-refractivity contribution in [2.45, 2.75) is 32.8 Å². The third-order valence-electron chi connectivity index (χ3n) is 3.58. The summed E-state index contributed by atoms with van der Waals surface area (Å²) in [6.07, 6.45) is 9.69. The van der Waals surface area contributed by atoms with Crippen molar-refractivity contribution in [2.75, 3.05) is 0 Å². The Balaban J connectivity index is 2.82. The summed E-state index contributed by atoms with van der Waals surface area (Å²) in [6, 6.07) is 0. The minimum Gasteiger partial charge on any atom is -0.486 e. The molecule has 1 rings (SSSR count). The first-order chi connectivity index (χ1) is 12.8. The fourth-order valence-corrected chi connectivity index (χ4v) is 2.90. The molecular formula is C20H22Cl2N2O3. The Morgan fingerprint density at radius 3 is 2.52 bits per heavy atom. The molecule has 0 bridgehead atoms. The first kappa shape index (κ1) is 22.7. The molecule has 0 aromatic carbocycles. The summed E-state index contributed by atoms with van der Waals surface area (Å²) in [5.74, 6) is -0.492. The van der Waals surface area contributed by atoms with Crippen LogP contribution in [0.15, 0.2) is 65.8 Å². The number of halogens is 2. The highest BCUT2D eigenvalue weighted by Crippen LogP contribution is 2.33. The van der Waals surface area contributed by atoms with E-state index in [2.05, 4.69) is 23.1 Å². The summed E-state index contributed by atoms with van der Waals surface area (Å²) in [7, 11) is 0. The van der Waals surface area contributed by atoms with Crippen molar-refractivity contribution in [3.8, 4) is 0 Å². The maximum atomic E-state index is 11.0. The van der Waals surface area contributed by atoms with Crippen LogP contribution < -0.4 is 0 Å². The van der Waals surface area contributed by atoms with Gasteiger partial charge in [0.05, 0.1) is 10.0 Å². The summed E-state index contributed by atoms with van der Waals surface area (Å²) in [6.45, 7) is 11.0. The highest BCUT2D eigenvalue weighted by molar-refractivity contribution is 6.35. The van der Waals surface area contributed by atoms with Gasteiger partial charge in [0, 0.05) is 24.2 Å². The third kappa shape index (κ3) is 7.04. The number of hydrogen-bond donors (Lipinski definition) is 1. The number of pyridine rings is 1. The average molecular weight is 409 g/mol. The normalized spacial score (nSPS) is 13.9. The molecule has 1 heterocycles. The number of carbonyl (C=O) groups is 1. The van der Waals surface area contributed by atoms with E-state index in [-0.39, 0.29) is 5.70 Å². The minimum atomic E-state index is -1.10. The molecule has 0 saturated carbocycles. The molecule has 1 aromatic rings. The Hall–Kier alpha value is -2.37. The molecule has 1 aromatic heterocycles. The van der Waals surface area contributed by atoms with E-state index in [4.69, 9.17) is 33.0 Å². The average Bonchev–Trinajstić information content (AvgIpc) is 2.61. The van der Waals surface area contributed by atoms with Gasteiger partial charge < -0.3 is 9.84 Å². The Kier molecular flexibility index (Phi) is 9.54. The number of aromatic nitrogens is 1. The van der Waals surface area contributed by atoms with Crippen molar-refractivity contribution < 1.29 is 14.6 Å². The molecule has 0 unspecified atom stereocenters. The second-order valence-electron chi connectivity index (χ2n) is 5.57. The molecule has 0 saturated heterocycles. The molecule has 27 heavy (non-hydrogen) atoms. The second kappa shape index (κ2) is 11.4. The Morgan fingerprint density at radius 1 is 1.37 bits per heavy atom. The van der Waals surface area contributed by atoms with Crippen LogP contribution in [0.4, 0.5) is 0 Å². The van der Waals surface area contributed by atoms with Crippen LogP contribution in [0.1, 0.15) is 38.4 Å². The second-order valence-corrected chi connectivity index (χ2v) is 6.38. The third-order valence-corrected chi connectivity index (χ3v) is 4.18. The van der Waals surface area contributed by atoms with Crippen LogP contribution in [0.2, 0.25) is 10.0 Å². The zero-order valence-electron chi connectivity index (χ0n) is 15.3. The van der Waals surface area contributed by atoms with E-state index in [0.717, 1.165) is 5.57 Å². The van der Waals surface area contributed by atoms with E-state index in [1.165, 1.54) is 24.5 Å². The summed E-state index contributed by atoms with van der Waals surface area (Å²) in [5.41, 5.74) is 1.53. The molecule has 0 aliphatic carbocycles. The summed E-state index contributed by atoms with van der Waals surface area (Å²) in [5, 5.41) is 9.85. The topological polar surface area (TPSA) is 71.8 Å². The zero-order chi connectivity index (χ0) is 20.4. The van der Waals surface area contributed by atoms with Gasteiger partial charge in [-0.3, -0.25) is 9.98 Å². The lowest BCUT2D eigenvalue weighted by molar-refractivity contribution is -0.132. The van der Waals surface area contributed by atoms with Crippen molar-refractivity contribution in [1.29, 1.82) is 0 Å². The molecule has 1 N–H and O–H groups in total. The molecule has 7 heteroatoms. The highest BCUT2D eigenvalue weighted by Gasteiger charge is 2.16. The molecule has 0 amide bonds. The van der Waals surface area contributed by atoms with Gasteiger partial charge in [-0.2, -0.15) is 0 Å². The zero-order valence-corrected chi connectivity index (χ0v) is 16.8. The van der Waals surface area contributed by atoms with E-state index in [9.17, 15) is 4.79 Å². The molecule has 1 atom stereocenters. The van der Waals surface area contributed by atoms with Crippen LogP contribution in [0.3, 0.4) is 0 Å². The van der Waals surface area contributed by atoms with E-state index < -0.39 is 12.1 Å². The number of allylic oxidation sites excluding steroid dienone is 4. The lowest BCUT2D eigenvalue weighted by atomic mass is 10.1. The number of carboxylic acids is 1. The number of rotatable bonds is 10. The maximum Gasteiger partial charge on any atom is 0.354 e. The number of aliphatic imine (C=N–C) groups is 1. The number of hydrogen-bond acceptors (Lipinski definition) is 4. The van der Waals surface area contributed by atoms with Crippen LogP contribution in [0.5, 0.6) is 0 Å². The molecule has 0 radical (unpaired) electrons. The van der Waals surface area contributed by atoms with Crippen molar-refractivity contribution >= 4 is 35.4 Å². The van der Waals surface area contributed by atoms with Crippen molar-refractivity contribution in [3.05, 3.63) is 76.4 Å². The first-order valence-corrected chi connectivity index (χ1v) is 8.93. The van der Waals surface area contributed by atoms with Crippen LogP contribution in [0.25, 0.3) is 0 Å². The molecule has 0 fully saturated rings. The molecular weight excluding hydrogens is 387 g/mol. The maximum absolute atomic E-state index is 11.0. The van der Waals surface area contributed by atoms with Gasteiger partial charge >= 0.3 is 5.97 Å². The van der Waals surface area contributed by atoms with Crippen molar-refractivity contribution in [1.82, 2.24) is 4.98 Å². The summed E-state index contributed by atoms with van der Waals surface area (Å²) >= 11 is 12.3. The van der Waals surface area contributed by atoms with Crippen LogP contribution in [-0.4, -0.2) is 22.3 Å². The number of carboxylic acid groups (broad SMARTS) is 1. The van der Waals surface area contributed by atoms with E-state index >= 15 is 0 Å². The lowest BCUT2D eigenvalue weighted by Crippen LogP contribution is -2.03. The number of nitrogens with zero attached hydrogens (tertiary/aromatic N) is 2. The SMILES string of the molecule is C=C/C=C(\N=CCC/C(C)=C(\C=C)O[C@H](C)c1c(Cl)cncc1Cl)C(=O)O. The predicted octanol–water partition coefficient (Wildman–Crippen LogP) is 5.93. The lowest BCUT2D eigenvalue weighted by Gasteiger charge is -2.19. The van der Waals surface area contributed by atoms with Gasteiger partial charge in [0.2, 0.25) is 0 Å². The number of aliphatic carboxylic acids is 1. The fraction of sp³-hybridized carbons (Fsp3) is 0.250. The Labute approximate surface area is 169 Å².